The highest BCUT2D eigenvalue weighted by molar-refractivity contribution is 7.19. The molecule has 0 saturated heterocycles. The predicted octanol–water partition coefficient (Wildman–Crippen LogP) is 4.31. The molecule has 0 aliphatic rings. The molecule has 7 heteroatoms. The van der Waals surface area contributed by atoms with Crippen LogP contribution in [0.25, 0.3) is 26.8 Å². The van der Waals surface area contributed by atoms with E-state index in [-0.39, 0.29) is 5.97 Å². The molecule has 0 aliphatic carbocycles. The first-order chi connectivity index (χ1) is 13.2. The first kappa shape index (κ1) is 17.2. The molecule has 0 aliphatic heterocycles. The normalized spacial score (nSPS) is 10.9. The molecule has 0 N–H and O–H groups in total. The van der Waals surface area contributed by atoms with Gasteiger partial charge in [0.05, 0.1) is 31.2 Å². The number of benzene rings is 2. The standard InChI is InChI=1S/C20H17N3O3S/c1-3-26-19(24)15-6-4-13(5-7-15)17-12-23-20(21-17)27-18(22-23)14-8-10-16(25-2)11-9-14/h4-12H,3H2,1-2H3. The average Bonchev–Trinajstić information content (AvgIpc) is 3.28. The Balaban J connectivity index is 1.59. The predicted molar refractivity (Wildman–Crippen MR) is 104 cm³/mol. The van der Waals surface area contributed by atoms with E-state index < -0.39 is 0 Å². The zero-order chi connectivity index (χ0) is 18.8. The summed E-state index contributed by atoms with van der Waals surface area (Å²) >= 11 is 1.52. The van der Waals surface area contributed by atoms with Gasteiger partial charge in [0, 0.05) is 11.1 Å². The van der Waals surface area contributed by atoms with Gasteiger partial charge in [-0.3, -0.25) is 0 Å². The molecule has 0 unspecified atom stereocenters. The first-order valence-electron chi connectivity index (χ1n) is 8.46. The minimum absolute atomic E-state index is 0.319. The topological polar surface area (TPSA) is 65.7 Å². The Hall–Kier alpha value is -3.19. The fourth-order valence-electron chi connectivity index (χ4n) is 2.68. The number of carbonyl (C=O) groups excluding carboxylic acids is 1. The lowest BCUT2D eigenvalue weighted by molar-refractivity contribution is 0.0526. The number of esters is 1. The van der Waals surface area contributed by atoms with Crippen molar-refractivity contribution in [2.45, 2.75) is 6.92 Å². The molecule has 0 atom stereocenters. The number of hydrogen-bond donors (Lipinski definition) is 0. The molecule has 0 radical (unpaired) electrons. The van der Waals surface area contributed by atoms with E-state index >= 15 is 0 Å². The summed E-state index contributed by atoms with van der Waals surface area (Å²) in [4.78, 5) is 17.2. The van der Waals surface area contributed by atoms with E-state index in [0.29, 0.717) is 12.2 Å². The van der Waals surface area contributed by atoms with Crippen molar-refractivity contribution in [1.29, 1.82) is 0 Å². The van der Waals surface area contributed by atoms with Crippen LogP contribution in [0.4, 0.5) is 0 Å². The summed E-state index contributed by atoms with van der Waals surface area (Å²) in [7, 11) is 1.65. The molecule has 0 spiro atoms. The Morgan fingerprint density at radius 2 is 1.78 bits per heavy atom. The molecule has 136 valence electrons. The van der Waals surface area contributed by atoms with Gasteiger partial charge in [-0.15, -0.1) is 0 Å². The molecule has 4 rings (SSSR count). The second-order valence-corrected chi connectivity index (χ2v) is 6.74. The van der Waals surface area contributed by atoms with Crippen molar-refractivity contribution in [2.75, 3.05) is 13.7 Å². The van der Waals surface area contributed by atoms with Crippen LogP contribution in [0.15, 0.2) is 54.7 Å². The molecule has 4 aromatic rings. The van der Waals surface area contributed by atoms with Crippen LogP contribution in [-0.2, 0) is 4.74 Å². The molecule has 0 amide bonds. The summed E-state index contributed by atoms with van der Waals surface area (Å²) in [6.07, 6.45) is 1.89. The highest BCUT2D eigenvalue weighted by Crippen LogP contribution is 2.29. The lowest BCUT2D eigenvalue weighted by atomic mass is 10.1. The van der Waals surface area contributed by atoms with E-state index in [1.807, 2.05) is 42.6 Å². The third-order valence-corrected chi connectivity index (χ3v) is 5.04. The third kappa shape index (κ3) is 3.41. The van der Waals surface area contributed by atoms with Gasteiger partial charge in [0.15, 0.2) is 0 Å². The number of ether oxygens (including phenoxy) is 2. The van der Waals surface area contributed by atoms with E-state index in [9.17, 15) is 4.79 Å². The zero-order valence-corrected chi connectivity index (χ0v) is 15.7. The number of methoxy groups -OCH3 is 1. The van der Waals surface area contributed by atoms with Crippen molar-refractivity contribution < 1.29 is 14.3 Å². The SMILES string of the molecule is CCOC(=O)c1ccc(-c2cn3nc(-c4ccc(OC)cc4)sc3n2)cc1. The van der Waals surface area contributed by atoms with Crippen molar-refractivity contribution in [2.24, 2.45) is 0 Å². The van der Waals surface area contributed by atoms with E-state index in [1.54, 1.807) is 30.7 Å². The minimum Gasteiger partial charge on any atom is -0.497 e. The highest BCUT2D eigenvalue weighted by atomic mass is 32.1. The van der Waals surface area contributed by atoms with Gasteiger partial charge in [0.1, 0.15) is 10.8 Å². The lowest BCUT2D eigenvalue weighted by Crippen LogP contribution is -2.03. The molecule has 2 aromatic heterocycles. The number of hydrogen-bond acceptors (Lipinski definition) is 6. The molecule has 2 aromatic carbocycles. The maximum atomic E-state index is 11.7. The van der Waals surface area contributed by atoms with Gasteiger partial charge in [-0.1, -0.05) is 23.5 Å². The Bertz CT molecular complexity index is 1050. The maximum Gasteiger partial charge on any atom is 0.338 e. The van der Waals surface area contributed by atoms with Crippen LogP contribution in [0.3, 0.4) is 0 Å². The summed E-state index contributed by atoms with van der Waals surface area (Å²) in [6, 6.07) is 15.0. The van der Waals surface area contributed by atoms with E-state index in [1.165, 1.54) is 11.3 Å². The smallest absolute Gasteiger partial charge is 0.338 e. The van der Waals surface area contributed by atoms with Crippen LogP contribution in [-0.4, -0.2) is 34.3 Å². The van der Waals surface area contributed by atoms with Crippen LogP contribution >= 0.6 is 11.3 Å². The molecular formula is C20H17N3O3S. The second-order valence-electron chi connectivity index (χ2n) is 5.79. The minimum atomic E-state index is -0.319. The number of imidazole rings is 1. The molecule has 0 saturated carbocycles. The van der Waals surface area contributed by atoms with Crippen molar-refractivity contribution in [1.82, 2.24) is 14.6 Å². The van der Waals surface area contributed by atoms with Crippen LogP contribution in [0, 0.1) is 0 Å². The van der Waals surface area contributed by atoms with Gasteiger partial charge in [0.25, 0.3) is 0 Å². The average molecular weight is 379 g/mol. The number of carbonyl (C=O) groups is 1. The van der Waals surface area contributed by atoms with Gasteiger partial charge < -0.3 is 9.47 Å². The van der Waals surface area contributed by atoms with E-state index in [0.717, 1.165) is 32.5 Å². The lowest BCUT2D eigenvalue weighted by Gasteiger charge is -2.02. The maximum absolute atomic E-state index is 11.7. The quantitative estimate of drug-likeness (QED) is 0.484. The van der Waals surface area contributed by atoms with Gasteiger partial charge in [-0.05, 0) is 43.3 Å². The van der Waals surface area contributed by atoms with Gasteiger partial charge in [0.2, 0.25) is 4.96 Å². The summed E-state index contributed by atoms with van der Waals surface area (Å²) in [5.41, 5.74) is 3.28. The van der Waals surface area contributed by atoms with Gasteiger partial charge in [-0.2, -0.15) is 5.10 Å². The zero-order valence-electron chi connectivity index (χ0n) is 14.9. The molecule has 27 heavy (non-hydrogen) atoms. The number of rotatable bonds is 5. The highest BCUT2D eigenvalue weighted by Gasteiger charge is 2.12. The van der Waals surface area contributed by atoms with Gasteiger partial charge in [-0.25, -0.2) is 14.3 Å². The summed E-state index contributed by atoms with van der Waals surface area (Å²) < 4.78 is 12.0. The Morgan fingerprint density at radius 1 is 1.07 bits per heavy atom. The van der Waals surface area contributed by atoms with Crippen LogP contribution in [0.5, 0.6) is 5.75 Å². The first-order valence-corrected chi connectivity index (χ1v) is 9.28. The van der Waals surface area contributed by atoms with Gasteiger partial charge >= 0.3 is 5.97 Å². The van der Waals surface area contributed by atoms with Crippen molar-refractivity contribution in [3.8, 4) is 27.6 Å². The Labute approximate surface area is 160 Å². The van der Waals surface area contributed by atoms with E-state index in [2.05, 4.69) is 10.1 Å². The second kappa shape index (κ2) is 7.20. The third-order valence-electron chi connectivity index (χ3n) is 4.07. The molecule has 0 bridgehead atoms. The largest absolute Gasteiger partial charge is 0.497 e. The van der Waals surface area contributed by atoms with Crippen LogP contribution in [0.2, 0.25) is 0 Å². The molecular weight excluding hydrogens is 362 g/mol. The summed E-state index contributed by atoms with van der Waals surface area (Å²) in [5, 5.41) is 5.51. The van der Waals surface area contributed by atoms with Crippen LogP contribution < -0.4 is 4.74 Å². The number of aromatic nitrogens is 3. The summed E-state index contributed by atoms with van der Waals surface area (Å²) in [5.74, 6) is 0.495. The fraction of sp³-hybridized carbons (Fsp3) is 0.150. The fourth-order valence-corrected chi connectivity index (χ4v) is 3.57. The molecule has 0 fully saturated rings. The van der Waals surface area contributed by atoms with Crippen molar-refractivity contribution in [3.63, 3.8) is 0 Å². The molecule has 2 heterocycles. The number of nitrogens with zero attached hydrogens (tertiary/aromatic N) is 3. The van der Waals surface area contributed by atoms with E-state index in [4.69, 9.17) is 9.47 Å². The van der Waals surface area contributed by atoms with Crippen LogP contribution in [0.1, 0.15) is 17.3 Å². The molecule has 6 nitrogen and oxygen atoms in total. The Morgan fingerprint density at radius 3 is 2.41 bits per heavy atom. The number of fused-ring (bicyclic) bond motifs is 1. The Kier molecular flexibility index (Phi) is 4.60. The summed E-state index contributed by atoms with van der Waals surface area (Å²) in [6.45, 7) is 2.15. The van der Waals surface area contributed by atoms with Crippen molar-refractivity contribution in [3.05, 3.63) is 60.3 Å². The monoisotopic (exact) mass is 379 g/mol. The van der Waals surface area contributed by atoms with Crippen molar-refractivity contribution >= 4 is 22.3 Å².